The fraction of sp³-hybridized carbons (Fsp3) is 0.130. The molecule has 0 aliphatic carbocycles. The summed E-state index contributed by atoms with van der Waals surface area (Å²) >= 11 is 1.26. The summed E-state index contributed by atoms with van der Waals surface area (Å²) < 4.78 is 12.3. The number of hydrogen-bond acceptors (Lipinski definition) is 5. The van der Waals surface area contributed by atoms with E-state index in [2.05, 4.69) is 0 Å². The molecule has 0 atom stereocenters. The number of fused-ring (bicyclic) bond motifs is 1. The number of ether oxygens (including phenoxy) is 1. The second-order valence-corrected chi connectivity index (χ2v) is 7.73. The number of aryl methyl sites for hydroxylation is 1. The average Bonchev–Trinajstić information content (AvgIpc) is 2.73. The van der Waals surface area contributed by atoms with Gasteiger partial charge in [-0.15, -0.1) is 0 Å². The molecule has 0 spiro atoms. The molecular formula is C23H19NO4S. The number of rotatable bonds is 5. The number of hydrogen-bond donors (Lipinski definition) is 0. The SMILES string of the molecule is COc1ccc(Sc2cc3c(=O)n(Cc4ccccc4)c(C)cc3oc2=O)cc1. The van der Waals surface area contributed by atoms with E-state index in [1.165, 1.54) is 11.8 Å². The molecule has 2 heterocycles. The smallest absolute Gasteiger partial charge is 0.350 e. The fourth-order valence-electron chi connectivity index (χ4n) is 3.12. The average molecular weight is 405 g/mol. The minimum Gasteiger partial charge on any atom is -0.497 e. The first kappa shape index (κ1) is 19.1. The van der Waals surface area contributed by atoms with Gasteiger partial charge < -0.3 is 13.7 Å². The van der Waals surface area contributed by atoms with Crippen molar-refractivity contribution in [2.45, 2.75) is 23.3 Å². The number of methoxy groups -OCH3 is 1. The lowest BCUT2D eigenvalue weighted by Gasteiger charge is -2.12. The molecule has 0 amide bonds. The molecule has 0 aliphatic heterocycles. The van der Waals surface area contributed by atoms with Crippen molar-refractivity contribution >= 4 is 22.7 Å². The fourth-order valence-corrected chi connectivity index (χ4v) is 3.95. The monoisotopic (exact) mass is 405 g/mol. The van der Waals surface area contributed by atoms with E-state index in [0.717, 1.165) is 21.9 Å². The Balaban J connectivity index is 1.76. The first-order valence-electron chi connectivity index (χ1n) is 9.09. The zero-order valence-corrected chi connectivity index (χ0v) is 16.9. The van der Waals surface area contributed by atoms with Crippen molar-refractivity contribution < 1.29 is 9.15 Å². The van der Waals surface area contributed by atoms with Crippen LogP contribution in [0.2, 0.25) is 0 Å². The van der Waals surface area contributed by atoms with Gasteiger partial charge in [0, 0.05) is 16.7 Å². The van der Waals surface area contributed by atoms with Gasteiger partial charge in [0.15, 0.2) is 0 Å². The third-order valence-electron chi connectivity index (χ3n) is 4.66. The highest BCUT2D eigenvalue weighted by Gasteiger charge is 2.13. The van der Waals surface area contributed by atoms with E-state index in [-0.39, 0.29) is 5.56 Å². The maximum Gasteiger partial charge on any atom is 0.350 e. The Labute approximate surface area is 171 Å². The Bertz CT molecular complexity index is 1270. The topological polar surface area (TPSA) is 61.4 Å². The van der Waals surface area contributed by atoms with E-state index in [1.807, 2.05) is 61.5 Å². The molecule has 2 aromatic carbocycles. The molecule has 0 unspecified atom stereocenters. The number of pyridine rings is 1. The van der Waals surface area contributed by atoms with E-state index in [4.69, 9.17) is 9.15 Å². The second kappa shape index (κ2) is 8.01. The number of nitrogens with zero attached hydrogens (tertiary/aromatic N) is 1. The maximum absolute atomic E-state index is 13.1. The third kappa shape index (κ3) is 3.98. The zero-order chi connectivity index (χ0) is 20.4. The molecular weight excluding hydrogens is 386 g/mol. The van der Waals surface area contributed by atoms with Crippen molar-refractivity contribution in [3.8, 4) is 5.75 Å². The van der Waals surface area contributed by atoms with Crippen LogP contribution in [0.3, 0.4) is 0 Å². The van der Waals surface area contributed by atoms with Crippen LogP contribution in [-0.4, -0.2) is 11.7 Å². The predicted octanol–water partition coefficient (Wildman–Crippen LogP) is 4.47. The largest absolute Gasteiger partial charge is 0.497 e. The highest BCUT2D eigenvalue weighted by Crippen LogP contribution is 2.28. The van der Waals surface area contributed by atoms with Gasteiger partial charge in [-0.1, -0.05) is 42.1 Å². The van der Waals surface area contributed by atoms with Crippen molar-refractivity contribution in [2.24, 2.45) is 0 Å². The van der Waals surface area contributed by atoms with Crippen molar-refractivity contribution in [1.82, 2.24) is 4.57 Å². The quantitative estimate of drug-likeness (QED) is 0.490. The van der Waals surface area contributed by atoms with Crippen LogP contribution in [0.25, 0.3) is 11.0 Å². The lowest BCUT2D eigenvalue weighted by Crippen LogP contribution is -2.23. The molecule has 5 nitrogen and oxygen atoms in total. The number of aromatic nitrogens is 1. The highest BCUT2D eigenvalue weighted by atomic mass is 32.2. The standard InChI is InChI=1S/C23H19NO4S/c1-15-12-20-19(22(25)24(15)14-16-6-4-3-5-7-16)13-21(23(26)28-20)29-18-10-8-17(27-2)9-11-18/h3-13H,14H2,1-2H3. The summed E-state index contributed by atoms with van der Waals surface area (Å²) in [6.07, 6.45) is 0. The van der Waals surface area contributed by atoms with Gasteiger partial charge in [-0.05, 0) is 42.8 Å². The van der Waals surface area contributed by atoms with Gasteiger partial charge >= 0.3 is 5.63 Å². The Morgan fingerprint density at radius 2 is 1.72 bits per heavy atom. The summed E-state index contributed by atoms with van der Waals surface area (Å²) in [5.74, 6) is 0.735. The van der Waals surface area contributed by atoms with E-state index in [0.29, 0.717) is 22.4 Å². The molecule has 2 aromatic heterocycles. The summed E-state index contributed by atoms with van der Waals surface area (Å²) in [6.45, 7) is 2.30. The molecule has 0 N–H and O–H groups in total. The Hall–Kier alpha value is -3.25. The minimum absolute atomic E-state index is 0.177. The summed E-state index contributed by atoms with van der Waals surface area (Å²) in [7, 11) is 1.60. The molecule has 4 aromatic rings. The van der Waals surface area contributed by atoms with Gasteiger partial charge in [-0.25, -0.2) is 4.79 Å². The zero-order valence-electron chi connectivity index (χ0n) is 16.0. The van der Waals surface area contributed by atoms with Crippen LogP contribution in [0.5, 0.6) is 5.75 Å². The van der Waals surface area contributed by atoms with Crippen molar-refractivity contribution in [2.75, 3.05) is 7.11 Å². The molecule has 0 aliphatic rings. The molecule has 0 bridgehead atoms. The van der Waals surface area contributed by atoms with Crippen LogP contribution in [-0.2, 0) is 6.54 Å². The molecule has 4 rings (SSSR count). The van der Waals surface area contributed by atoms with Gasteiger partial charge in [-0.3, -0.25) is 4.79 Å². The normalized spacial score (nSPS) is 11.0. The van der Waals surface area contributed by atoms with Gasteiger partial charge in [0.05, 0.1) is 23.9 Å². The lowest BCUT2D eigenvalue weighted by molar-refractivity contribution is 0.414. The van der Waals surface area contributed by atoms with Gasteiger partial charge in [0.25, 0.3) is 5.56 Å². The van der Waals surface area contributed by atoms with Crippen LogP contribution in [0.1, 0.15) is 11.3 Å². The van der Waals surface area contributed by atoms with Crippen molar-refractivity contribution in [1.29, 1.82) is 0 Å². The highest BCUT2D eigenvalue weighted by molar-refractivity contribution is 7.99. The van der Waals surface area contributed by atoms with Gasteiger partial charge in [-0.2, -0.15) is 0 Å². The molecule has 146 valence electrons. The van der Waals surface area contributed by atoms with E-state index in [9.17, 15) is 9.59 Å². The van der Waals surface area contributed by atoms with E-state index >= 15 is 0 Å². The van der Waals surface area contributed by atoms with E-state index < -0.39 is 5.63 Å². The van der Waals surface area contributed by atoms with Crippen molar-refractivity contribution in [3.05, 3.63) is 98.8 Å². The molecule has 0 saturated heterocycles. The molecule has 6 heteroatoms. The number of benzene rings is 2. The van der Waals surface area contributed by atoms with E-state index in [1.54, 1.807) is 23.8 Å². The molecule has 0 saturated carbocycles. The Morgan fingerprint density at radius 3 is 2.41 bits per heavy atom. The Morgan fingerprint density at radius 1 is 1.00 bits per heavy atom. The molecule has 0 fully saturated rings. The molecule has 29 heavy (non-hydrogen) atoms. The Kier molecular flexibility index (Phi) is 5.27. The summed E-state index contributed by atoms with van der Waals surface area (Å²) in [5.41, 5.74) is 1.44. The first-order chi connectivity index (χ1) is 14.0. The van der Waals surface area contributed by atoms with Crippen LogP contribution in [0, 0.1) is 6.92 Å². The van der Waals surface area contributed by atoms with Gasteiger partial charge in [0.1, 0.15) is 11.3 Å². The summed E-state index contributed by atoms with van der Waals surface area (Å²) in [4.78, 5) is 26.8. The minimum atomic E-state index is -0.460. The van der Waals surface area contributed by atoms with Crippen molar-refractivity contribution in [3.63, 3.8) is 0 Å². The molecule has 0 radical (unpaired) electrons. The first-order valence-corrected chi connectivity index (χ1v) is 9.91. The predicted molar refractivity (Wildman–Crippen MR) is 114 cm³/mol. The van der Waals surface area contributed by atoms with Crippen LogP contribution in [0.15, 0.2) is 90.5 Å². The van der Waals surface area contributed by atoms with Gasteiger partial charge in [0.2, 0.25) is 0 Å². The maximum atomic E-state index is 13.1. The summed E-state index contributed by atoms with van der Waals surface area (Å²) in [6, 6.07) is 20.5. The lowest BCUT2D eigenvalue weighted by atomic mass is 10.2. The van der Waals surface area contributed by atoms with Crippen LogP contribution >= 0.6 is 11.8 Å². The van der Waals surface area contributed by atoms with Crippen LogP contribution < -0.4 is 15.9 Å². The third-order valence-corrected chi connectivity index (χ3v) is 5.67. The summed E-state index contributed by atoms with van der Waals surface area (Å²) in [5, 5.41) is 0.391. The van der Waals surface area contributed by atoms with Crippen LogP contribution in [0.4, 0.5) is 0 Å². The second-order valence-electron chi connectivity index (χ2n) is 6.62.